The van der Waals surface area contributed by atoms with Crippen LogP contribution in [0.1, 0.15) is 231 Å². The summed E-state index contributed by atoms with van der Waals surface area (Å²) in [4.78, 5) is 27.9. The van der Waals surface area contributed by atoms with Gasteiger partial charge in [-0.15, -0.1) is 0 Å². The molecule has 0 radical (unpaired) electrons. The number of nitrogens with zero attached hydrogens (tertiary/aromatic N) is 1. The van der Waals surface area contributed by atoms with Gasteiger partial charge < -0.3 is 14.4 Å². The van der Waals surface area contributed by atoms with E-state index in [1.54, 1.807) is 0 Å². The zero-order chi connectivity index (χ0) is 37.9. The van der Waals surface area contributed by atoms with Crippen LogP contribution in [0, 0.1) is 0 Å². The second-order valence-corrected chi connectivity index (χ2v) is 16.4. The van der Waals surface area contributed by atoms with E-state index in [4.69, 9.17) is 9.47 Å². The molecule has 1 amide bonds. The third-order valence-electron chi connectivity index (χ3n) is 11.5. The summed E-state index contributed by atoms with van der Waals surface area (Å²) in [5.41, 5.74) is 1.18. The number of unbranched alkanes of at least 4 members (excludes halogenated alkanes) is 25. The molecular weight excluding hydrogens is 655 g/mol. The van der Waals surface area contributed by atoms with Crippen molar-refractivity contribution in [3.8, 4) is 0 Å². The lowest BCUT2D eigenvalue weighted by atomic mass is 10.0. The summed E-state index contributed by atoms with van der Waals surface area (Å²) in [6.45, 7) is 6.28. The SMILES string of the molecule is CCCCCCCCCCCCCCCCCC(=O)OCC1CCCN1C(=O)CC[C@@H](CCCCCCCCCCCCCC)OCc1ccccc1. The van der Waals surface area contributed by atoms with E-state index in [0.717, 1.165) is 51.5 Å². The Morgan fingerprint density at radius 1 is 0.604 bits per heavy atom. The van der Waals surface area contributed by atoms with Crippen molar-refractivity contribution in [2.75, 3.05) is 13.2 Å². The number of likely N-dealkylation sites (tertiary alicyclic amines) is 1. The highest BCUT2D eigenvalue weighted by molar-refractivity contribution is 5.77. The number of carbonyl (C=O) groups is 2. The van der Waals surface area contributed by atoms with Crippen LogP contribution in [0.2, 0.25) is 0 Å². The molecule has 1 aliphatic rings. The molecule has 0 bridgehead atoms. The first-order chi connectivity index (χ1) is 26.1. The van der Waals surface area contributed by atoms with Crippen molar-refractivity contribution in [3.05, 3.63) is 35.9 Å². The van der Waals surface area contributed by atoms with Gasteiger partial charge in [0.2, 0.25) is 5.91 Å². The zero-order valence-electron chi connectivity index (χ0n) is 35.1. The molecule has 2 rings (SSSR count). The fourth-order valence-corrected chi connectivity index (χ4v) is 7.98. The molecule has 0 aromatic heterocycles. The highest BCUT2D eigenvalue weighted by Gasteiger charge is 2.30. The van der Waals surface area contributed by atoms with Gasteiger partial charge >= 0.3 is 5.97 Å². The van der Waals surface area contributed by atoms with Crippen molar-refractivity contribution in [1.29, 1.82) is 0 Å². The third kappa shape index (κ3) is 26.5. The van der Waals surface area contributed by atoms with Crippen molar-refractivity contribution in [3.63, 3.8) is 0 Å². The van der Waals surface area contributed by atoms with Crippen molar-refractivity contribution >= 4 is 11.9 Å². The molecule has 1 unspecified atom stereocenters. The topological polar surface area (TPSA) is 55.8 Å². The van der Waals surface area contributed by atoms with Crippen LogP contribution in [0.3, 0.4) is 0 Å². The van der Waals surface area contributed by atoms with Crippen LogP contribution in [0.5, 0.6) is 0 Å². The van der Waals surface area contributed by atoms with Gasteiger partial charge in [-0.05, 0) is 37.7 Å². The van der Waals surface area contributed by atoms with Crippen molar-refractivity contribution < 1.29 is 19.1 Å². The molecule has 1 heterocycles. The van der Waals surface area contributed by atoms with E-state index < -0.39 is 0 Å². The molecule has 1 fully saturated rings. The number of hydrogen-bond acceptors (Lipinski definition) is 4. The summed E-state index contributed by atoms with van der Waals surface area (Å²) in [5.74, 6) is 0.0877. The van der Waals surface area contributed by atoms with Crippen molar-refractivity contribution in [2.45, 2.75) is 244 Å². The molecule has 0 aliphatic carbocycles. The summed E-state index contributed by atoms with van der Waals surface area (Å²) in [6, 6.07) is 10.4. The number of hydrogen-bond donors (Lipinski definition) is 0. The molecule has 1 aromatic rings. The predicted molar refractivity (Wildman–Crippen MR) is 225 cm³/mol. The Kier molecular flexibility index (Phi) is 30.9. The number of carbonyl (C=O) groups excluding carboxylic acids is 2. The Bertz CT molecular complexity index is 968. The fourth-order valence-electron chi connectivity index (χ4n) is 7.98. The molecule has 0 spiro atoms. The first-order valence-corrected chi connectivity index (χ1v) is 23.2. The van der Waals surface area contributed by atoms with E-state index in [-0.39, 0.29) is 24.0 Å². The third-order valence-corrected chi connectivity index (χ3v) is 11.5. The molecule has 0 saturated carbocycles. The fraction of sp³-hybridized carbons (Fsp3) is 0.833. The maximum absolute atomic E-state index is 13.4. The average molecular weight is 740 g/mol. The lowest BCUT2D eigenvalue weighted by molar-refractivity contribution is -0.147. The van der Waals surface area contributed by atoms with Crippen molar-refractivity contribution in [2.24, 2.45) is 0 Å². The number of esters is 1. The first-order valence-electron chi connectivity index (χ1n) is 23.2. The maximum atomic E-state index is 13.4. The Balaban J connectivity index is 1.56. The summed E-state index contributed by atoms with van der Waals surface area (Å²) in [6.07, 6.45) is 40.7. The van der Waals surface area contributed by atoms with E-state index >= 15 is 0 Å². The molecule has 53 heavy (non-hydrogen) atoms. The minimum atomic E-state index is -0.101. The van der Waals surface area contributed by atoms with Gasteiger partial charge in [0.1, 0.15) is 6.61 Å². The normalized spacial score (nSPS) is 14.9. The van der Waals surface area contributed by atoms with Gasteiger partial charge in [-0.2, -0.15) is 0 Å². The van der Waals surface area contributed by atoms with Crippen LogP contribution >= 0.6 is 0 Å². The summed E-state index contributed by atoms with van der Waals surface area (Å²) < 4.78 is 12.1. The lowest BCUT2D eigenvalue weighted by Gasteiger charge is -2.26. The number of benzene rings is 1. The largest absolute Gasteiger partial charge is 0.463 e. The smallest absolute Gasteiger partial charge is 0.305 e. The molecule has 1 saturated heterocycles. The summed E-state index contributed by atoms with van der Waals surface area (Å²) >= 11 is 0. The summed E-state index contributed by atoms with van der Waals surface area (Å²) in [7, 11) is 0. The molecule has 5 heteroatoms. The van der Waals surface area contributed by atoms with E-state index in [1.165, 1.54) is 160 Å². The summed E-state index contributed by atoms with van der Waals surface area (Å²) in [5, 5.41) is 0. The minimum Gasteiger partial charge on any atom is -0.463 e. The number of rotatable bonds is 37. The second-order valence-electron chi connectivity index (χ2n) is 16.4. The predicted octanol–water partition coefficient (Wildman–Crippen LogP) is 14.2. The van der Waals surface area contributed by atoms with Crippen LogP contribution in [-0.2, 0) is 25.7 Å². The van der Waals surface area contributed by atoms with Gasteiger partial charge in [0.25, 0.3) is 0 Å². The van der Waals surface area contributed by atoms with Gasteiger partial charge in [-0.25, -0.2) is 0 Å². The Labute approximate surface area is 328 Å². The van der Waals surface area contributed by atoms with E-state index in [2.05, 4.69) is 38.1 Å². The van der Waals surface area contributed by atoms with E-state index in [9.17, 15) is 9.59 Å². The van der Waals surface area contributed by atoms with Crippen LogP contribution in [0.4, 0.5) is 0 Å². The minimum absolute atomic E-state index is 0.0209. The van der Waals surface area contributed by atoms with Crippen LogP contribution < -0.4 is 0 Å². The van der Waals surface area contributed by atoms with Crippen LogP contribution in [0.15, 0.2) is 30.3 Å². The number of ether oxygens (including phenoxy) is 2. The van der Waals surface area contributed by atoms with Crippen LogP contribution in [-0.4, -0.2) is 42.1 Å². The molecule has 1 aliphatic heterocycles. The Morgan fingerprint density at radius 2 is 1.08 bits per heavy atom. The molecule has 1 aromatic carbocycles. The van der Waals surface area contributed by atoms with Crippen molar-refractivity contribution in [1.82, 2.24) is 4.90 Å². The zero-order valence-corrected chi connectivity index (χ0v) is 35.1. The van der Waals surface area contributed by atoms with E-state index in [1.807, 2.05) is 11.0 Å². The van der Waals surface area contributed by atoms with Gasteiger partial charge in [0.05, 0.1) is 18.8 Å². The second kappa shape index (κ2) is 34.6. The van der Waals surface area contributed by atoms with Gasteiger partial charge in [0, 0.05) is 19.4 Å². The van der Waals surface area contributed by atoms with Gasteiger partial charge in [-0.3, -0.25) is 9.59 Å². The molecule has 306 valence electrons. The van der Waals surface area contributed by atoms with Gasteiger partial charge in [-0.1, -0.05) is 211 Å². The first kappa shape index (κ1) is 47.3. The molecule has 0 N–H and O–H groups in total. The lowest BCUT2D eigenvalue weighted by Crippen LogP contribution is -2.39. The van der Waals surface area contributed by atoms with Gasteiger partial charge in [0.15, 0.2) is 0 Å². The Morgan fingerprint density at radius 3 is 1.58 bits per heavy atom. The molecule has 5 nitrogen and oxygen atoms in total. The molecular formula is C48H85NO4. The average Bonchev–Trinajstić information content (AvgIpc) is 3.66. The Hall–Kier alpha value is -1.88. The molecule has 2 atom stereocenters. The highest BCUT2D eigenvalue weighted by atomic mass is 16.5. The quantitative estimate of drug-likeness (QED) is 0.0504. The monoisotopic (exact) mass is 740 g/mol. The van der Waals surface area contributed by atoms with E-state index in [0.29, 0.717) is 26.1 Å². The number of amides is 1. The standard InChI is InChI=1S/C48H85NO4/c1-3-5-7-9-11-13-15-17-18-19-21-23-25-27-32-38-48(51)53-43-45-36-33-41-49(45)47(50)40-39-46(52-42-44-34-29-28-30-35-44)37-31-26-24-22-20-16-14-12-10-8-6-4-2/h28-30,34-35,45-46H,3-27,31-33,36-43H2,1-2H3/t45?,46-/m1/s1. The van der Waals surface area contributed by atoms with Crippen LogP contribution in [0.25, 0.3) is 0 Å². The maximum Gasteiger partial charge on any atom is 0.305 e. The highest BCUT2D eigenvalue weighted by Crippen LogP contribution is 2.23.